The van der Waals surface area contributed by atoms with Crippen molar-refractivity contribution >= 4 is 23.6 Å². The molecule has 0 atom stereocenters. The molecular weight excluding hydrogens is 236 g/mol. The van der Waals surface area contributed by atoms with Crippen molar-refractivity contribution < 1.29 is 9.59 Å². The van der Waals surface area contributed by atoms with Crippen LogP contribution in [0.15, 0.2) is 0 Å². The van der Waals surface area contributed by atoms with Gasteiger partial charge in [-0.3, -0.25) is 9.59 Å². The molecule has 2 amide bonds. The van der Waals surface area contributed by atoms with Crippen LogP contribution in [0, 0.1) is 0 Å². The fourth-order valence-corrected chi connectivity index (χ4v) is 3.70. The van der Waals surface area contributed by atoms with Crippen LogP contribution < -0.4 is 5.32 Å². The van der Waals surface area contributed by atoms with E-state index < -0.39 is 0 Å². The summed E-state index contributed by atoms with van der Waals surface area (Å²) in [5.41, 5.74) is 0. The first-order chi connectivity index (χ1) is 8.15. The third-order valence-corrected chi connectivity index (χ3v) is 5.20. The molecule has 1 heterocycles. The predicted octanol–water partition coefficient (Wildman–Crippen LogP) is 1.01. The molecule has 1 saturated heterocycles. The van der Waals surface area contributed by atoms with Crippen LogP contribution in [0.4, 0.5) is 0 Å². The van der Waals surface area contributed by atoms with E-state index in [0.29, 0.717) is 0 Å². The third-order valence-electron chi connectivity index (χ3n) is 3.80. The molecule has 1 saturated carbocycles. The Hall–Kier alpha value is -0.710. The molecular formula is C12H20N2O2S. The van der Waals surface area contributed by atoms with Gasteiger partial charge >= 0.3 is 0 Å². The van der Waals surface area contributed by atoms with Crippen LogP contribution in [-0.4, -0.2) is 47.4 Å². The lowest BCUT2D eigenvalue weighted by Crippen LogP contribution is -2.55. The van der Waals surface area contributed by atoms with Gasteiger partial charge in [0.2, 0.25) is 11.8 Å². The van der Waals surface area contributed by atoms with Gasteiger partial charge in [0.1, 0.15) is 0 Å². The zero-order valence-corrected chi connectivity index (χ0v) is 11.1. The summed E-state index contributed by atoms with van der Waals surface area (Å²) in [6.45, 7) is 1.14. The average Bonchev–Trinajstić information content (AvgIpc) is 2.35. The van der Waals surface area contributed by atoms with Crippen LogP contribution in [0.5, 0.6) is 0 Å². The summed E-state index contributed by atoms with van der Waals surface area (Å²) >= 11 is 1.86. The Kier molecular flexibility index (Phi) is 3.97. The molecule has 1 aliphatic carbocycles. The summed E-state index contributed by atoms with van der Waals surface area (Å²) < 4.78 is 0.186. The van der Waals surface area contributed by atoms with E-state index in [9.17, 15) is 9.59 Å². The number of amides is 2. The Bertz CT molecular complexity index is 314. The molecule has 0 aromatic carbocycles. The molecule has 17 heavy (non-hydrogen) atoms. The molecule has 5 heteroatoms. The van der Waals surface area contributed by atoms with Crippen molar-refractivity contribution in [2.75, 3.05) is 25.9 Å². The fourth-order valence-electron chi connectivity index (χ4n) is 2.72. The van der Waals surface area contributed by atoms with E-state index in [-0.39, 0.29) is 29.7 Å². The number of carbonyl (C=O) groups excluding carboxylic acids is 2. The highest BCUT2D eigenvalue weighted by molar-refractivity contribution is 8.00. The second-order valence-electron chi connectivity index (χ2n) is 4.97. The number of carbonyl (C=O) groups is 2. The van der Waals surface area contributed by atoms with Crippen molar-refractivity contribution in [3.05, 3.63) is 0 Å². The van der Waals surface area contributed by atoms with Crippen molar-refractivity contribution in [2.45, 2.75) is 36.9 Å². The van der Waals surface area contributed by atoms with E-state index in [0.717, 1.165) is 6.54 Å². The lowest BCUT2D eigenvalue weighted by atomic mass is 9.87. The summed E-state index contributed by atoms with van der Waals surface area (Å²) in [7, 11) is 0. The average molecular weight is 256 g/mol. The highest BCUT2D eigenvalue weighted by atomic mass is 32.2. The summed E-state index contributed by atoms with van der Waals surface area (Å²) in [4.78, 5) is 24.9. The molecule has 2 aliphatic rings. The molecule has 4 nitrogen and oxygen atoms in total. The van der Waals surface area contributed by atoms with E-state index in [2.05, 4.69) is 11.6 Å². The van der Waals surface area contributed by atoms with Crippen molar-refractivity contribution in [2.24, 2.45) is 0 Å². The van der Waals surface area contributed by atoms with E-state index in [1.165, 1.54) is 32.1 Å². The van der Waals surface area contributed by atoms with Crippen molar-refractivity contribution in [1.82, 2.24) is 10.2 Å². The molecule has 0 radical (unpaired) electrons. The highest BCUT2D eigenvalue weighted by Gasteiger charge is 2.36. The molecule has 2 fully saturated rings. The normalized spacial score (nSPS) is 24.6. The van der Waals surface area contributed by atoms with Crippen LogP contribution >= 0.6 is 11.8 Å². The van der Waals surface area contributed by atoms with Crippen LogP contribution in [0.3, 0.4) is 0 Å². The van der Waals surface area contributed by atoms with Gasteiger partial charge in [-0.1, -0.05) is 19.3 Å². The maximum atomic E-state index is 11.8. The quantitative estimate of drug-likeness (QED) is 0.820. The smallest absolute Gasteiger partial charge is 0.242 e. The van der Waals surface area contributed by atoms with Gasteiger partial charge in [-0.05, 0) is 19.1 Å². The van der Waals surface area contributed by atoms with Gasteiger partial charge < -0.3 is 10.2 Å². The first-order valence-electron chi connectivity index (χ1n) is 6.25. The van der Waals surface area contributed by atoms with Gasteiger partial charge in [0, 0.05) is 11.3 Å². The van der Waals surface area contributed by atoms with E-state index >= 15 is 0 Å². The van der Waals surface area contributed by atoms with Crippen LogP contribution in [-0.2, 0) is 9.59 Å². The molecule has 2 rings (SSSR count). The molecule has 0 spiro atoms. The zero-order chi connectivity index (χ0) is 12.3. The van der Waals surface area contributed by atoms with Crippen molar-refractivity contribution in [1.29, 1.82) is 0 Å². The first-order valence-corrected chi connectivity index (χ1v) is 7.47. The largest absolute Gasteiger partial charge is 0.345 e. The molecule has 1 aliphatic heterocycles. The Morgan fingerprint density at radius 3 is 2.65 bits per heavy atom. The number of hydrogen-bond donors (Lipinski definition) is 1. The van der Waals surface area contributed by atoms with Gasteiger partial charge in [-0.25, -0.2) is 0 Å². The summed E-state index contributed by atoms with van der Waals surface area (Å²) in [6.07, 6.45) is 8.25. The summed E-state index contributed by atoms with van der Waals surface area (Å²) in [5.74, 6) is 0.0280. The minimum absolute atomic E-state index is 0.0309. The van der Waals surface area contributed by atoms with Crippen LogP contribution in [0.25, 0.3) is 0 Å². The van der Waals surface area contributed by atoms with Crippen molar-refractivity contribution in [3.63, 3.8) is 0 Å². The van der Waals surface area contributed by atoms with Gasteiger partial charge in [0.25, 0.3) is 0 Å². The SMILES string of the molecule is CSC1(CN2CC(=O)NCC2=O)CCCCC1. The maximum Gasteiger partial charge on any atom is 0.242 e. The minimum Gasteiger partial charge on any atom is -0.345 e. The summed E-state index contributed by atoms with van der Waals surface area (Å²) in [5, 5.41) is 2.59. The van der Waals surface area contributed by atoms with Crippen LogP contribution in [0.2, 0.25) is 0 Å². The molecule has 0 aromatic heterocycles. The number of rotatable bonds is 3. The third kappa shape index (κ3) is 2.94. The Balaban J connectivity index is 2.01. The van der Waals surface area contributed by atoms with Gasteiger partial charge in [0.15, 0.2) is 0 Å². The minimum atomic E-state index is -0.0309. The predicted molar refractivity (Wildman–Crippen MR) is 68.9 cm³/mol. The Morgan fingerprint density at radius 2 is 2.00 bits per heavy atom. The molecule has 0 aromatic rings. The number of thioether (sulfide) groups is 1. The second-order valence-corrected chi connectivity index (χ2v) is 6.25. The van der Waals surface area contributed by atoms with Gasteiger partial charge in [-0.15, -0.1) is 0 Å². The maximum absolute atomic E-state index is 11.8. The van der Waals surface area contributed by atoms with E-state index in [1.54, 1.807) is 4.90 Å². The fraction of sp³-hybridized carbons (Fsp3) is 0.833. The molecule has 0 bridgehead atoms. The standard InChI is InChI=1S/C12H20N2O2S/c1-17-12(5-3-2-4-6-12)9-14-8-10(15)13-7-11(14)16/h2-9H2,1H3,(H,13,15). The number of nitrogens with zero attached hydrogens (tertiary/aromatic N) is 1. The molecule has 1 N–H and O–H groups in total. The second kappa shape index (κ2) is 5.29. The van der Waals surface area contributed by atoms with E-state index in [1.807, 2.05) is 11.8 Å². The van der Waals surface area contributed by atoms with Gasteiger partial charge in [-0.2, -0.15) is 11.8 Å². The van der Waals surface area contributed by atoms with Crippen LogP contribution in [0.1, 0.15) is 32.1 Å². The number of nitrogens with one attached hydrogen (secondary N) is 1. The summed E-state index contributed by atoms with van der Waals surface area (Å²) in [6, 6.07) is 0. The first kappa shape index (κ1) is 12.7. The lowest BCUT2D eigenvalue weighted by Gasteiger charge is -2.40. The highest BCUT2D eigenvalue weighted by Crippen LogP contribution is 2.39. The topological polar surface area (TPSA) is 49.4 Å². The Morgan fingerprint density at radius 1 is 1.29 bits per heavy atom. The van der Waals surface area contributed by atoms with Gasteiger partial charge in [0.05, 0.1) is 13.1 Å². The monoisotopic (exact) mass is 256 g/mol. The lowest BCUT2D eigenvalue weighted by molar-refractivity contribution is -0.141. The Labute approximate surface area is 106 Å². The zero-order valence-electron chi connectivity index (χ0n) is 10.3. The molecule has 0 unspecified atom stereocenters. The van der Waals surface area contributed by atoms with Crippen molar-refractivity contribution in [3.8, 4) is 0 Å². The molecule has 96 valence electrons. The van der Waals surface area contributed by atoms with E-state index in [4.69, 9.17) is 0 Å². The number of hydrogen-bond acceptors (Lipinski definition) is 3. The number of piperazine rings is 1.